The Morgan fingerprint density at radius 3 is 2.58 bits per heavy atom. The molecular weight excluding hydrogens is 327 g/mol. The number of hydrogen-bond donors (Lipinski definition) is 1. The van der Waals surface area contributed by atoms with Crippen molar-refractivity contribution in [3.63, 3.8) is 0 Å². The molecule has 1 amide bonds. The molecule has 2 aromatic rings. The average molecular weight is 343 g/mol. The summed E-state index contributed by atoms with van der Waals surface area (Å²) in [5, 5.41) is 13.4. The van der Waals surface area contributed by atoms with E-state index in [1.54, 1.807) is 20.8 Å². The van der Waals surface area contributed by atoms with Crippen LogP contribution in [0.15, 0.2) is 18.2 Å². The minimum Gasteiger partial charge on any atom is -0.491 e. The molecule has 0 radical (unpaired) electrons. The highest BCUT2D eigenvalue weighted by Gasteiger charge is 2.31. The zero-order valence-electron chi connectivity index (χ0n) is 13.3. The van der Waals surface area contributed by atoms with Crippen molar-refractivity contribution < 1.29 is 22.7 Å². The number of anilines is 1. The topological polar surface area (TPSA) is 81.9 Å². The van der Waals surface area contributed by atoms with Crippen molar-refractivity contribution >= 4 is 11.6 Å². The second-order valence-electron chi connectivity index (χ2n) is 5.33. The number of aryl methyl sites for hydroxylation is 1. The van der Waals surface area contributed by atoms with Gasteiger partial charge in [0.25, 0.3) is 0 Å². The van der Waals surface area contributed by atoms with Gasteiger partial charge in [0.1, 0.15) is 12.3 Å². The lowest BCUT2D eigenvalue weighted by Gasteiger charge is -2.15. The predicted molar refractivity (Wildman–Crippen MR) is 78.4 cm³/mol. The number of nitrogens with one attached hydrogen (secondary N) is 1. The van der Waals surface area contributed by atoms with Crippen LogP contribution in [0.2, 0.25) is 0 Å². The standard InChI is InChI=1S/C14H16F3N5O2/c1-8(2)24-12-5-10(14(15,16)17)4-11(6-12)18-13(23)7-22-20-9(3)19-21-22/h4-6,8H,7H2,1-3H3,(H,18,23). The molecule has 1 heterocycles. The molecule has 7 nitrogen and oxygen atoms in total. The molecular formula is C14H16F3N5O2. The maximum atomic E-state index is 13.0. The number of aromatic nitrogens is 4. The first-order valence-corrected chi connectivity index (χ1v) is 7.06. The summed E-state index contributed by atoms with van der Waals surface area (Å²) in [6, 6.07) is 3.05. The van der Waals surface area contributed by atoms with Gasteiger partial charge < -0.3 is 10.1 Å². The lowest BCUT2D eigenvalue weighted by atomic mass is 10.1. The van der Waals surface area contributed by atoms with Gasteiger partial charge in [0, 0.05) is 11.8 Å². The fraction of sp³-hybridized carbons (Fsp3) is 0.429. The van der Waals surface area contributed by atoms with Crippen molar-refractivity contribution in [2.24, 2.45) is 0 Å². The Labute approximate surface area is 135 Å². The van der Waals surface area contributed by atoms with Gasteiger partial charge in [-0.05, 0) is 38.1 Å². The van der Waals surface area contributed by atoms with E-state index in [-0.39, 0.29) is 24.1 Å². The summed E-state index contributed by atoms with van der Waals surface area (Å²) >= 11 is 0. The molecule has 0 aliphatic rings. The Kier molecular flexibility index (Phi) is 5.05. The quantitative estimate of drug-likeness (QED) is 0.902. The molecule has 0 aliphatic heterocycles. The molecule has 1 aromatic heterocycles. The first-order chi connectivity index (χ1) is 11.1. The van der Waals surface area contributed by atoms with Crippen LogP contribution in [0.5, 0.6) is 5.75 Å². The van der Waals surface area contributed by atoms with Gasteiger partial charge in [0.05, 0.1) is 11.7 Å². The van der Waals surface area contributed by atoms with Gasteiger partial charge in [-0.1, -0.05) is 0 Å². The maximum Gasteiger partial charge on any atom is 0.416 e. The number of halogens is 3. The summed E-state index contributed by atoms with van der Waals surface area (Å²) < 4.78 is 44.2. The third-order valence-corrected chi connectivity index (χ3v) is 2.73. The number of carbonyl (C=O) groups is 1. The minimum atomic E-state index is -4.56. The molecule has 1 N–H and O–H groups in total. The zero-order valence-corrected chi connectivity index (χ0v) is 13.3. The molecule has 0 bridgehead atoms. The molecule has 0 atom stereocenters. The van der Waals surface area contributed by atoms with Crippen molar-refractivity contribution in [2.75, 3.05) is 5.32 Å². The van der Waals surface area contributed by atoms with Gasteiger partial charge in [0.2, 0.25) is 5.91 Å². The van der Waals surface area contributed by atoms with E-state index < -0.39 is 17.6 Å². The van der Waals surface area contributed by atoms with E-state index >= 15 is 0 Å². The molecule has 2 rings (SSSR count). The van der Waals surface area contributed by atoms with Crippen molar-refractivity contribution in [1.29, 1.82) is 0 Å². The molecule has 0 spiro atoms. The summed E-state index contributed by atoms with van der Waals surface area (Å²) in [7, 11) is 0. The molecule has 24 heavy (non-hydrogen) atoms. The van der Waals surface area contributed by atoms with Crippen LogP contribution in [0.1, 0.15) is 25.2 Å². The highest BCUT2D eigenvalue weighted by molar-refractivity contribution is 5.90. The second-order valence-corrected chi connectivity index (χ2v) is 5.33. The van der Waals surface area contributed by atoms with Crippen molar-refractivity contribution in [1.82, 2.24) is 20.2 Å². The van der Waals surface area contributed by atoms with Crippen LogP contribution < -0.4 is 10.1 Å². The lowest BCUT2D eigenvalue weighted by Crippen LogP contribution is -2.21. The number of tetrazole rings is 1. The Balaban J connectivity index is 2.19. The molecule has 0 fully saturated rings. The van der Waals surface area contributed by atoms with Crippen LogP contribution in [-0.4, -0.2) is 32.2 Å². The van der Waals surface area contributed by atoms with Gasteiger partial charge in [-0.2, -0.15) is 18.0 Å². The molecule has 10 heteroatoms. The fourth-order valence-electron chi connectivity index (χ4n) is 1.89. The average Bonchev–Trinajstić information content (AvgIpc) is 2.81. The van der Waals surface area contributed by atoms with Gasteiger partial charge in [-0.3, -0.25) is 4.79 Å². The summed E-state index contributed by atoms with van der Waals surface area (Å²) in [6.07, 6.45) is -4.86. The van der Waals surface area contributed by atoms with E-state index in [2.05, 4.69) is 20.7 Å². The van der Waals surface area contributed by atoms with Crippen LogP contribution >= 0.6 is 0 Å². The zero-order chi connectivity index (χ0) is 17.9. The van der Waals surface area contributed by atoms with E-state index in [0.29, 0.717) is 5.82 Å². The van der Waals surface area contributed by atoms with E-state index in [9.17, 15) is 18.0 Å². The third kappa shape index (κ3) is 4.93. The first-order valence-electron chi connectivity index (χ1n) is 7.06. The summed E-state index contributed by atoms with van der Waals surface area (Å²) in [5.74, 6) is -0.179. The Hall–Kier alpha value is -2.65. The summed E-state index contributed by atoms with van der Waals surface area (Å²) in [6.45, 7) is 4.72. The molecule has 1 aromatic carbocycles. The fourth-order valence-corrected chi connectivity index (χ4v) is 1.89. The van der Waals surface area contributed by atoms with Crippen LogP contribution in [-0.2, 0) is 17.5 Å². The van der Waals surface area contributed by atoms with E-state index in [4.69, 9.17) is 4.74 Å². The van der Waals surface area contributed by atoms with E-state index in [0.717, 1.165) is 16.9 Å². The maximum absolute atomic E-state index is 13.0. The molecule has 0 unspecified atom stereocenters. The highest BCUT2D eigenvalue weighted by atomic mass is 19.4. The number of benzene rings is 1. The van der Waals surface area contributed by atoms with E-state index in [1.807, 2.05) is 0 Å². The van der Waals surface area contributed by atoms with Crippen molar-refractivity contribution in [2.45, 2.75) is 39.6 Å². The van der Waals surface area contributed by atoms with Gasteiger partial charge in [0.15, 0.2) is 5.82 Å². The van der Waals surface area contributed by atoms with Crippen LogP contribution in [0.4, 0.5) is 18.9 Å². The van der Waals surface area contributed by atoms with Gasteiger partial charge in [-0.25, -0.2) is 0 Å². The SMILES string of the molecule is Cc1nnn(CC(=O)Nc2cc(OC(C)C)cc(C(F)(F)F)c2)n1. The second kappa shape index (κ2) is 6.85. The molecule has 0 aliphatic carbocycles. The number of carbonyl (C=O) groups excluding carboxylic acids is 1. The summed E-state index contributed by atoms with van der Waals surface area (Å²) in [4.78, 5) is 13.0. The van der Waals surface area contributed by atoms with Crippen molar-refractivity contribution in [3.8, 4) is 5.75 Å². The van der Waals surface area contributed by atoms with Crippen molar-refractivity contribution in [3.05, 3.63) is 29.6 Å². The number of ether oxygens (including phenoxy) is 1. The Morgan fingerprint density at radius 2 is 2.04 bits per heavy atom. The molecule has 0 saturated carbocycles. The smallest absolute Gasteiger partial charge is 0.416 e. The van der Waals surface area contributed by atoms with Crippen LogP contribution in [0.3, 0.4) is 0 Å². The number of nitrogens with zero attached hydrogens (tertiary/aromatic N) is 4. The number of amides is 1. The van der Waals surface area contributed by atoms with E-state index in [1.165, 1.54) is 6.07 Å². The largest absolute Gasteiger partial charge is 0.491 e. The predicted octanol–water partition coefficient (Wildman–Crippen LogP) is 2.43. The first kappa shape index (κ1) is 17.7. The monoisotopic (exact) mass is 343 g/mol. The molecule has 130 valence electrons. The third-order valence-electron chi connectivity index (χ3n) is 2.73. The lowest BCUT2D eigenvalue weighted by molar-refractivity contribution is -0.137. The van der Waals surface area contributed by atoms with Gasteiger partial charge in [-0.15, -0.1) is 10.2 Å². The Bertz CT molecular complexity index is 727. The van der Waals surface area contributed by atoms with Crippen LogP contribution in [0, 0.1) is 6.92 Å². The highest BCUT2D eigenvalue weighted by Crippen LogP contribution is 2.34. The van der Waals surface area contributed by atoms with Crippen LogP contribution in [0.25, 0.3) is 0 Å². The number of alkyl halides is 3. The van der Waals surface area contributed by atoms with Gasteiger partial charge >= 0.3 is 6.18 Å². The number of rotatable bonds is 5. The molecule has 0 saturated heterocycles. The number of hydrogen-bond acceptors (Lipinski definition) is 5. The summed E-state index contributed by atoms with van der Waals surface area (Å²) in [5.41, 5.74) is -0.937. The minimum absolute atomic E-state index is 0.0184. The Morgan fingerprint density at radius 1 is 1.33 bits per heavy atom. The normalized spacial score (nSPS) is 11.6.